The molecule has 110 valence electrons. The van der Waals surface area contributed by atoms with Crippen molar-refractivity contribution in [3.8, 4) is 5.75 Å². The number of hydrogen-bond acceptors (Lipinski definition) is 3. The van der Waals surface area contributed by atoms with E-state index < -0.39 is 12.1 Å². The summed E-state index contributed by atoms with van der Waals surface area (Å²) in [5, 5.41) is 3.72. The van der Waals surface area contributed by atoms with Crippen LogP contribution in [0.1, 0.15) is 11.1 Å². The van der Waals surface area contributed by atoms with Crippen LogP contribution in [-0.4, -0.2) is 12.1 Å². The van der Waals surface area contributed by atoms with Crippen LogP contribution in [0.2, 0.25) is 5.02 Å². The van der Waals surface area contributed by atoms with E-state index in [1.54, 1.807) is 24.3 Å². The molecule has 3 nitrogen and oxygen atoms in total. The van der Waals surface area contributed by atoms with Crippen LogP contribution in [0.15, 0.2) is 53.6 Å². The summed E-state index contributed by atoms with van der Waals surface area (Å²) in [5.74, 6) is 4.96. The second-order valence-electron chi connectivity index (χ2n) is 4.03. The number of ether oxygens (including phenoxy) is 1. The van der Waals surface area contributed by atoms with Crippen LogP contribution in [0.5, 0.6) is 5.75 Å². The van der Waals surface area contributed by atoms with Gasteiger partial charge in [0.05, 0.1) is 10.7 Å². The van der Waals surface area contributed by atoms with Crippen LogP contribution in [0.4, 0.5) is 13.2 Å². The molecular formula is C14H10ClF3N2O. The highest BCUT2D eigenvalue weighted by molar-refractivity contribution is 6.35. The molecule has 0 aliphatic rings. The highest BCUT2D eigenvalue weighted by Crippen LogP contribution is 2.28. The number of nitrogens with two attached hydrogens (primary N) is 1. The first-order chi connectivity index (χ1) is 9.90. The normalized spacial score (nSPS) is 12.3. The van der Waals surface area contributed by atoms with Crippen molar-refractivity contribution in [2.45, 2.75) is 6.36 Å². The standard InChI is InChI=1S/C14H10ClF3N2O/c15-12-8-10(21-14(16,17)18)6-7-11(12)13(20-19)9-4-2-1-3-5-9/h1-8H,19H2. The summed E-state index contributed by atoms with van der Waals surface area (Å²) in [6, 6.07) is 12.5. The second-order valence-corrected chi connectivity index (χ2v) is 4.44. The summed E-state index contributed by atoms with van der Waals surface area (Å²) in [7, 11) is 0. The highest BCUT2D eigenvalue weighted by atomic mass is 35.5. The van der Waals surface area contributed by atoms with Crippen LogP contribution >= 0.6 is 11.6 Å². The number of nitrogens with zero attached hydrogens (tertiary/aromatic N) is 1. The molecule has 0 aromatic heterocycles. The molecule has 0 atom stereocenters. The minimum Gasteiger partial charge on any atom is -0.406 e. The summed E-state index contributed by atoms with van der Waals surface area (Å²) >= 11 is 6.00. The van der Waals surface area contributed by atoms with E-state index >= 15 is 0 Å². The molecule has 7 heteroatoms. The Labute approximate surface area is 123 Å². The second kappa shape index (κ2) is 6.05. The van der Waals surface area contributed by atoms with Gasteiger partial charge < -0.3 is 10.6 Å². The lowest BCUT2D eigenvalue weighted by atomic mass is 10.0. The van der Waals surface area contributed by atoms with E-state index in [4.69, 9.17) is 17.4 Å². The van der Waals surface area contributed by atoms with Gasteiger partial charge in [-0.15, -0.1) is 13.2 Å². The Morgan fingerprint density at radius 2 is 1.76 bits per heavy atom. The van der Waals surface area contributed by atoms with Gasteiger partial charge in [0.15, 0.2) is 0 Å². The minimum atomic E-state index is -4.77. The third kappa shape index (κ3) is 3.88. The Morgan fingerprint density at radius 1 is 1.10 bits per heavy atom. The Morgan fingerprint density at radius 3 is 2.29 bits per heavy atom. The molecule has 0 aliphatic carbocycles. The molecule has 0 saturated heterocycles. The number of rotatable bonds is 3. The number of hydrazone groups is 1. The zero-order valence-corrected chi connectivity index (χ0v) is 11.3. The highest BCUT2D eigenvalue weighted by Gasteiger charge is 2.31. The molecule has 2 aromatic carbocycles. The number of alkyl halides is 3. The van der Waals surface area contributed by atoms with Crippen molar-refractivity contribution in [1.29, 1.82) is 0 Å². The fourth-order valence-electron chi connectivity index (χ4n) is 1.78. The maximum Gasteiger partial charge on any atom is 0.573 e. The first-order valence-corrected chi connectivity index (χ1v) is 6.17. The fraction of sp³-hybridized carbons (Fsp3) is 0.0714. The predicted molar refractivity (Wildman–Crippen MR) is 74.4 cm³/mol. The van der Waals surface area contributed by atoms with Crippen LogP contribution in [0, 0.1) is 0 Å². The van der Waals surface area contributed by atoms with E-state index in [2.05, 4.69) is 9.84 Å². The SMILES string of the molecule is NN=C(c1ccccc1)c1ccc(OC(F)(F)F)cc1Cl. The third-order valence-corrected chi connectivity index (χ3v) is 2.92. The van der Waals surface area contributed by atoms with E-state index in [1.807, 2.05) is 6.07 Å². The van der Waals surface area contributed by atoms with Gasteiger partial charge in [0.2, 0.25) is 0 Å². The van der Waals surface area contributed by atoms with Gasteiger partial charge in [0, 0.05) is 11.1 Å². The smallest absolute Gasteiger partial charge is 0.406 e. The molecule has 2 rings (SSSR count). The maximum atomic E-state index is 12.2. The first-order valence-electron chi connectivity index (χ1n) is 5.79. The third-order valence-electron chi connectivity index (χ3n) is 2.61. The van der Waals surface area contributed by atoms with Crippen molar-refractivity contribution in [2.75, 3.05) is 0 Å². The molecule has 2 aromatic rings. The number of benzene rings is 2. The number of halogens is 4. The van der Waals surface area contributed by atoms with Crippen molar-refractivity contribution in [3.63, 3.8) is 0 Å². The van der Waals surface area contributed by atoms with Gasteiger partial charge >= 0.3 is 6.36 Å². The average Bonchev–Trinajstić information content (AvgIpc) is 2.41. The van der Waals surface area contributed by atoms with Crippen LogP contribution in [-0.2, 0) is 0 Å². The zero-order chi connectivity index (χ0) is 15.5. The van der Waals surface area contributed by atoms with Crippen molar-refractivity contribution in [3.05, 3.63) is 64.7 Å². The Kier molecular flexibility index (Phi) is 4.37. The average molecular weight is 315 g/mol. The van der Waals surface area contributed by atoms with E-state index in [-0.39, 0.29) is 5.02 Å². The molecule has 0 fully saturated rings. The summed E-state index contributed by atoms with van der Waals surface area (Å²) < 4.78 is 40.3. The molecule has 0 amide bonds. The van der Waals surface area contributed by atoms with E-state index in [9.17, 15) is 13.2 Å². The van der Waals surface area contributed by atoms with E-state index in [0.717, 1.165) is 12.1 Å². The largest absolute Gasteiger partial charge is 0.573 e. The molecule has 0 saturated carbocycles. The Hall–Kier alpha value is -2.21. The van der Waals surface area contributed by atoms with Gasteiger partial charge in [-0.1, -0.05) is 41.9 Å². The van der Waals surface area contributed by atoms with E-state index in [1.165, 1.54) is 6.07 Å². The maximum absolute atomic E-state index is 12.2. The van der Waals surface area contributed by atoms with Gasteiger partial charge in [-0.25, -0.2) is 0 Å². The molecule has 2 N–H and O–H groups in total. The Bertz CT molecular complexity index is 657. The molecule has 0 unspecified atom stereocenters. The molecule has 0 spiro atoms. The van der Waals surface area contributed by atoms with Gasteiger partial charge in [0.25, 0.3) is 0 Å². The lowest BCUT2D eigenvalue weighted by Gasteiger charge is -2.12. The summed E-state index contributed by atoms with van der Waals surface area (Å²) in [6.45, 7) is 0. The number of hydrogen-bond donors (Lipinski definition) is 1. The lowest BCUT2D eigenvalue weighted by molar-refractivity contribution is -0.274. The topological polar surface area (TPSA) is 47.6 Å². The van der Waals surface area contributed by atoms with Gasteiger partial charge in [-0.3, -0.25) is 0 Å². The van der Waals surface area contributed by atoms with Gasteiger partial charge in [-0.2, -0.15) is 5.10 Å². The summed E-state index contributed by atoms with van der Waals surface area (Å²) in [5.41, 5.74) is 1.49. The van der Waals surface area contributed by atoms with Crippen LogP contribution in [0.3, 0.4) is 0 Å². The first kappa shape index (κ1) is 15.2. The summed E-state index contributed by atoms with van der Waals surface area (Å²) in [4.78, 5) is 0. The molecule has 0 radical (unpaired) electrons. The van der Waals surface area contributed by atoms with Crippen LogP contribution in [0.25, 0.3) is 0 Å². The fourth-order valence-corrected chi connectivity index (χ4v) is 2.04. The van der Waals surface area contributed by atoms with Crippen molar-refractivity contribution in [2.24, 2.45) is 10.9 Å². The van der Waals surface area contributed by atoms with Gasteiger partial charge in [0.1, 0.15) is 5.75 Å². The Balaban J connectivity index is 2.37. The predicted octanol–water partition coefficient (Wildman–Crippen LogP) is 3.95. The van der Waals surface area contributed by atoms with E-state index in [0.29, 0.717) is 16.8 Å². The van der Waals surface area contributed by atoms with Gasteiger partial charge in [-0.05, 0) is 18.2 Å². The monoisotopic (exact) mass is 314 g/mol. The molecular weight excluding hydrogens is 305 g/mol. The van der Waals surface area contributed by atoms with Crippen molar-refractivity contribution in [1.82, 2.24) is 0 Å². The lowest BCUT2D eigenvalue weighted by Crippen LogP contribution is -2.17. The van der Waals surface area contributed by atoms with Crippen LogP contribution < -0.4 is 10.6 Å². The van der Waals surface area contributed by atoms with Crippen molar-refractivity contribution >= 4 is 17.3 Å². The molecule has 0 bridgehead atoms. The summed E-state index contributed by atoms with van der Waals surface area (Å²) in [6.07, 6.45) is -4.77. The minimum absolute atomic E-state index is 0.0600. The molecule has 0 aliphatic heterocycles. The molecule has 21 heavy (non-hydrogen) atoms. The quantitative estimate of drug-likeness (QED) is 0.530. The molecule has 0 heterocycles. The van der Waals surface area contributed by atoms with Crippen molar-refractivity contribution < 1.29 is 17.9 Å². The zero-order valence-electron chi connectivity index (χ0n) is 10.6.